The van der Waals surface area contributed by atoms with Gasteiger partial charge in [0.25, 0.3) is 0 Å². The number of hydrogen-bond donors (Lipinski definition) is 0. The number of halogens is 4. The van der Waals surface area contributed by atoms with Gasteiger partial charge in [-0.15, -0.1) is 0 Å². The third-order valence-corrected chi connectivity index (χ3v) is 12.0. The van der Waals surface area contributed by atoms with E-state index in [1.54, 1.807) is 12.2 Å². The number of allylic oxidation sites excluding steroid dienone is 4. The summed E-state index contributed by atoms with van der Waals surface area (Å²) in [4.78, 5) is 0. The van der Waals surface area contributed by atoms with Crippen LogP contribution in [0.5, 0.6) is 0 Å². The molecule has 0 nitrogen and oxygen atoms in total. The molecule has 0 saturated carbocycles. The molecule has 0 aliphatic heterocycles. The molecule has 0 aromatic heterocycles. The van der Waals surface area contributed by atoms with E-state index in [1.165, 1.54) is 0 Å². The molecule has 0 fully saturated rings. The quantitative estimate of drug-likeness (QED) is 0.171. The Kier molecular flexibility index (Phi) is 21.0. The Hall–Kier alpha value is 1.27. The molecule has 0 radical (unpaired) electrons. The van der Waals surface area contributed by atoms with Gasteiger partial charge < -0.3 is 0 Å². The van der Waals surface area contributed by atoms with Gasteiger partial charge in [0.2, 0.25) is 0 Å². The van der Waals surface area contributed by atoms with Gasteiger partial charge in [0.05, 0.1) is 0 Å². The van der Waals surface area contributed by atoms with Crippen molar-refractivity contribution < 1.29 is 21.4 Å². The van der Waals surface area contributed by atoms with Gasteiger partial charge in [0, 0.05) is 0 Å². The third kappa shape index (κ3) is 21.5. The van der Waals surface area contributed by atoms with Crippen LogP contribution in [0, 0.1) is 0 Å². The summed E-state index contributed by atoms with van der Waals surface area (Å²) in [5, 5.41) is 1.37. The fraction of sp³-hybridized carbons (Fsp3) is 0.833. The van der Waals surface area contributed by atoms with Crippen LogP contribution in [0.25, 0.3) is 0 Å². The van der Waals surface area contributed by atoms with Crippen LogP contribution in [0.15, 0.2) is 24.3 Å². The molecule has 0 amide bonds. The zero-order valence-corrected chi connectivity index (χ0v) is 26.1. The summed E-state index contributed by atoms with van der Waals surface area (Å²) < 4.78 is 23.9. The van der Waals surface area contributed by atoms with Crippen molar-refractivity contribution >= 4 is 36.2 Å². The van der Waals surface area contributed by atoms with Gasteiger partial charge in [-0.2, -0.15) is 0 Å². The van der Waals surface area contributed by atoms with Crippen molar-refractivity contribution in [1.29, 1.82) is 0 Å². The minimum atomic E-state index is -0.336. The molecule has 0 unspecified atom stereocenters. The first-order valence-corrected chi connectivity index (χ1v) is 16.4. The van der Waals surface area contributed by atoms with Crippen molar-refractivity contribution in [1.82, 2.24) is 0 Å². The zero-order valence-electron chi connectivity index (χ0n) is 21.9. The summed E-state index contributed by atoms with van der Waals surface area (Å²) in [5.74, 6) is 0. The summed E-state index contributed by atoms with van der Waals surface area (Å²) in [6.07, 6.45) is 9.34. The molecule has 0 aliphatic carbocycles. The first-order valence-electron chi connectivity index (χ1n) is 10.6. The van der Waals surface area contributed by atoms with Gasteiger partial charge in [-0.05, 0) is 32.9 Å². The van der Waals surface area contributed by atoms with Gasteiger partial charge in [-0.1, -0.05) is 123 Å². The second kappa shape index (κ2) is 17.7. The van der Waals surface area contributed by atoms with Crippen LogP contribution < -0.4 is 0 Å². The van der Waals surface area contributed by atoms with Crippen molar-refractivity contribution in [2.75, 3.05) is 25.7 Å². The molecular weight excluding hydrogens is 518 g/mol. The van der Waals surface area contributed by atoms with Gasteiger partial charge in [0.15, 0.2) is 0 Å². The summed E-state index contributed by atoms with van der Waals surface area (Å²) in [6.45, 7) is 26.7. The van der Waals surface area contributed by atoms with Crippen LogP contribution in [0.1, 0.15) is 83.1 Å². The Bertz CT molecular complexity index is 414. The normalized spacial score (nSPS) is 13.6. The molecule has 0 spiro atoms. The Labute approximate surface area is 210 Å². The topological polar surface area (TPSA) is 0 Å². The Morgan fingerprint density at radius 3 is 0.871 bits per heavy atom. The average molecular weight is 566 g/mol. The van der Waals surface area contributed by atoms with E-state index in [2.05, 4.69) is 83.1 Å². The second-order valence-electron chi connectivity index (χ2n) is 11.2. The standard InChI is InChI=1S/2C12H24FP.2ClH.Ni/c2*1-11(2,3)14(12(4,5)6)10-8-7-9-13;;;/h2*7-8H,9-10H2,1-6H3;2*1H;/q;;;;+2/p-2. The van der Waals surface area contributed by atoms with Gasteiger partial charge in [0.1, 0.15) is 13.3 Å². The second-order valence-corrected chi connectivity index (χ2v) is 20.6. The number of hydrogen-bond acceptors (Lipinski definition) is 0. The first kappa shape index (κ1) is 36.8. The van der Waals surface area contributed by atoms with E-state index in [-0.39, 0.29) is 29.2 Å². The molecule has 31 heavy (non-hydrogen) atoms. The van der Waals surface area contributed by atoms with Crippen LogP contribution in [-0.4, -0.2) is 46.3 Å². The van der Waals surface area contributed by atoms with Crippen LogP contribution in [0.4, 0.5) is 8.78 Å². The van der Waals surface area contributed by atoms with E-state index in [9.17, 15) is 8.78 Å². The summed E-state index contributed by atoms with van der Waals surface area (Å²) in [6, 6.07) is 0. The molecule has 0 N–H and O–H groups in total. The molecule has 0 aliphatic rings. The number of rotatable bonds is 6. The predicted molar refractivity (Wildman–Crippen MR) is 145 cm³/mol. The first-order chi connectivity index (χ1) is 13.8. The van der Waals surface area contributed by atoms with Crippen molar-refractivity contribution in [2.45, 2.75) is 104 Å². The van der Waals surface area contributed by atoms with Gasteiger partial charge in [-0.25, -0.2) is 8.78 Å². The third-order valence-electron chi connectivity index (χ3n) is 4.33. The molecule has 0 atom stereocenters. The van der Waals surface area contributed by atoms with Crippen molar-refractivity contribution in [3.63, 3.8) is 0 Å². The molecule has 0 heterocycles. The van der Waals surface area contributed by atoms with E-state index in [1.807, 2.05) is 12.2 Å². The minimum absolute atomic E-state index is 0.108. The maximum absolute atomic E-state index is 12.0. The van der Waals surface area contributed by atoms with E-state index < -0.39 is 0 Å². The molecule has 0 aromatic carbocycles. The summed E-state index contributed by atoms with van der Waals surface area (Å²) >= 11 is 0.569. The Morgan fingerprint density at radius 1 is 0.548 bits per heavy atom. The zero-order chi connectivity index (χ0) is 25.5. The van der Waals surface area contributed by atoms with E-state index in [4.69, 9.17) is 20.4 Å². The molecule has 192 valence electrons. The maximum atomic E-state index is 12.0. The van der Waals surface area contributed by atoms with Crippen molar-refractivity contribution in [2.24, 2.45) is 0 Å². The molecule has 0 bridgehead atoms. The van der Waals surface area contributed by atoms with Crippen LogP contribution in [0.2, 0.25) is 0 Å². The molecule has 7 heteroatoms. The summed E-state index contributed by atoms with van der Waals surface area (Å²) in [7, 11) is 9.19. The number of alkyl halides is 2. The molecule has 0 saturated heterocycles. The average Bonchev–Trinajstić information content (AvgIpc) is 2.52. The van der Waals surface area contributed by atoms with E-state index >= 15 is 0 Å². The van der Waals surface area contributed by atoms with Crippen LogP contribution in [-0.2, 0) is 12.7 Å². The van der Waals surface area contributed by atoms with Crippen molar-refractivity contribution in [3.05, 3.63) is 24.3 Å². The SMILES string of the molecule is CC(C)(C)P(CC=CCF)C(C)(C)C.CC(C)(C)P(CC=CCF)C(C)(C)C.[Cl][Ni][Cl]. The monoisotopic (exact) mass is 564 g/mol. The fourth-order valence-electron chi connectivity index (χ4n) is 3.59. The Morgan fingerprint density at radius 2 is 0.742 bits per heavy atom. The molecule has 0 aromatic rings. The van der Waals surface area contributed by atoms with E-state index in [0.717, 1.165) is 12.3 Å². The Balaban J connectivity index is -0.000000448. The van der Waals surface area contributed by atoms with Crippen LogP contribution in [0.3, 0.4) is 0 Å². The molecular formula is C24H48Cl2F2NiP2. The van der Waals surface area contributed by atoms with Gasteiger partial charge >= 0.3 is 33.0 Å². The fourth-order valence-corrected chi connectivity index (χ4v) is 10.5. The van der Waals surface area contributed by atoms with E-state index in [0.29, 0.717) is 33.3 Å². The summed E-state index contributed by atoms with van der Waals surface area (Å²) in [5.41, 5.74) is 0. The van der Waals surface area contributed by atoms with Crippen molar-refractivity contribution in [3.8, 4) is 0 Å². The molecule has 0 rings (SSSR count). The van der Waals surface area contributed by atoms with Crippen LogP contribution >= 0.6 is 36.2 Å². The predicted octanol–water partition coefficient (Wildman–Crippen LogP) is 10.6. The van der Waals surface area contributed by atoms with Gasteiger partial charge in [-0.3, -0.25) is 0 Å².